The highest BCUT2D eigenvalue weighted by Crippen LogP contribution is 2.24. The zero-order valence-corrected chi connectivity index (χ0v) is 11.4. The molecule has 2 aromatic rings. The number of fused-ring (bicyclic) bond motifs is 1. The molecule has 0 fully saturated rings. The summed E-state index contributed by atoms with van der Waals surface area (Å²) in [5.74, 6) is 0.186. The van der Waals surface area contributed by atoms with Crippen molar-refractivity contribution in [2.24, 2.45) is 0 Å². The quantitative estimate of drug-likeness (QED) is 0.899. The number of benzene rings is 1. The molecule has 0 amide bonds. The average molecular weight is 262 g/mol. The minimum Gasteiger partial charge on any atom is -0.478 e. The Hall–Kier alpha value is -1.88. The van der Waals surface area contributed by atoms with E-state index >= 15 is 0 Å². The molecule has 0 bridgehead atoms. The molecule has 1 N–H and O–H groups in total. The number of hydrogen-bond donors (Lipinski definition) is 1. The molecule has 2 rings (SSSR count). The Morgan fingerprint density at radius 1 is 1.47 bits per heavy atom. The van der Waals surface area contributed by atoms with Crippen molar-refractivity contribution < 1.29 is 14.6 Å². The highest BCUT2D eigenvalue weighted by Gasteiger charge is 2.18. The lowest BCUT2D eigenvalue weighted by Gasteiger charge is -2.11. The fourth-order valence-corrected chi connectivity index (χ4v) is 2.23. The van der Waals surface area contributed by atoms with Crippen molar-refractivity contribution in [1.29, 1.82) is 0 Å². The van der Waals surface area contributed by atoms with Crippen LogP contribution in [-0.2, 0) is 11.3 Å². The van der Waals surface area contributed by atoms with Crippen molar-refractivity contribution in [2.45, 2.75) is 26.3 Å². The zero-order chi connectivity index (χ0) is 14.0. The first-order valence-electron chi connectivity index (χ1n) is 6.27. The molecule has 0 saturated carbocycles. The van der Waals surface area contributed by atoms with Gasteiger partial charge in [-0.3, -0.25) is 0 Å². The maximum atomic E-state index is 11.3. The molecule has 0 radical (unpaired) electrons. The van der Waals surface area contributed by atoms with Crippen molar-refractivity contribution in [3.63, 3.8) is 0 Å². The summed E-state index contributed by atoms with van der Waals surface area (Å²) < 4.78 is 7.05. The van der Waals surface area contributed by atoms with Gasteiger partial charge < -0.3 is 14.4 Å². The Balaban J connectivity index is 2.69. The average Bonchev–Trinajstić information content (AvgIpc) is 2.74. The molecule has 0 aliphatic carbocycles. The third-order valence-corrected chi connectivity index (χ3v) is 3.06. The fourth-order valence-electron chi connectivity index (χ4n) is 2.23. The predicted molar refractivity (Wildman–Crippen MR) is 72.7 cm³/mol. The van der Waals surface area contributed by atoms with E-state index in [1.165, 1.54) is 0 Å². The number of carbonyl (C=O) groups is 1. The van der Waals surface area contributed by atoms with Gasteiger partial charge in [-0.15, -0.1) is 0 Å². The monoisotopic (exact) mass is 262 g/mol. The third-order valence-electron chi connectivity index (χ3n) is 3.06. The van der Waals surface area contributed by atoms with Crippen LogP contribution in [0.1, 0.15) is 35.9 Å². The van der Waals surface area contributed by atoms with Crippen LogP contribution in [0.5, 0.6) is 0 Å². The number of carboxylic acids is 1. The van der Waals surface area contributed by atoms with E-state index in [1.54, 1.807) is 19.2 Å². The first-order chi connectivity index (χ1) is 9.06. The van der Waals surface area contributed by atoms with Crippen LogP contribution in [0, 0.1) is 0 Å². The van der Waals surface area contributed by atoms with Crippen LogP contribution in [0.4, 0.5) is 0 Å². The third kappa shape index (κ3) is 2.46. The second kappa shape index (κ2) is 5.40. The van der Waals surface area contributed by atoms with Gasteiger partial charge in [0.2, 0.25) is 0 Å². The lowest BCUT2D eigenvalue weighted by Crippen LogP contribution is -2.11. The molecule has 19 heavy (non-hydrogen) atoms. The number of hydrogen-bond acceptors (Lipinski definition) is 3. The van der Waals surface area contributed by atoms with Crippen LogP contribution >= 0.6 is 0 Å². The van der Waals surface area contributed by atoms with E-state index in [2.05, 4.69) is 4.98 Å². The van der Waals surface area contributed by atoms with Gasteiger partial charge >= 0.3 is 5.97 Å². The van der Waals surface area contributed by atoms with E-state index in [0.29, 0.717) is 18.7 Å². The molecular weight excluding hydrogens is 244 g/mol. The van der Waals surface area contributed by atoms with Gasteiger partial charge in [0.1, 0.15) is 5.82 Å². The lowest BCUT2D eigenvalue weighted by atomic mass is 10.2. The number of methoxy groups -OCH3 is 1. The van der Waals surface area contributed by atoms with Crippen molar-refractivity contribution in [3.8, 4) is 0 Å². The highest BCUT2D eigenvalue weighted by molar-refractivity contribution is 6.01. The number of ether oxygens (including phenoxy) is 1. The number of aromatic nitrogens is 2. The number of rotatable bonds is 5. The largest absolute Gasteiger partial charge is 0.478 e. The van der Waals surface area contributed by atoms with Crippen molar-refractivity contribution in [3.05, 3.63) is 29.6 Å². The van der Waals surface area contributed by atoms with Crippen LogP contribution in [0.3, 0.4) is 0 Å². The molecule has 0 aliphatic rings. The minimum absolute atomic E-state index is 0.228. The molecular formula is C14H18N2O3. The Bertz CT molecular complexity index is 602. The van der Waals surface area contributed by atoms with E-state index in [9.17, 15) is 9.90 Å². The zero-order valence-electron chi connectivity index (χ0n) is 11.4. The SMILES string of the molecule is COCCn1c(C(C)C)nc2cccc(C(=O)O)c21. The van der Waals surface area contributed by atoms with Gasteiger partial charge in [0, 0.05) is 19.6 Å². The minimum atomic E-state index is -0.931. The number of imidazole rings is 1. The van der Waals surface area contributed by atoms with E-state index in [1.807, 2.05) is 24.5 Å². The maximum absolute atomic E-state index is 11.3. The van der Waals surface area contributed by atoms with Crippen LogP contribution in [0.15, 0.2) is 18.2 Å². The van der Waals surface area contributed by atoms with Crippen LogP contribution < -0.4 is 0 Å². The number of para-hydroxylation sites is 1. The standard InChI is InChI=1S/C14H18N2O3/c1-9(2)13-15-11-6-4-5-10(14(17)18)12(11)16(13)7-8-19-3/h4-6,9H,7-8H2,1-3H3,(H,17,18). The summed E-state index contributed by atoms with van der Waals surface area (Å²) in [5.41, 5.74) is 1.68. The number of aromatic carboxylic acids is 1. The van der Waals surface area contributed by atoms with E-state index in [4.69, 9.17) is 4.74 Å². The Labute approximate surface area is 111 Å². The molecule has 0 atom stereocenters. The second-order valence-corrected chi connectivity index (χ2v) is 4.75. The van der Waals surface area contributed by atoms with E-state index < -0.39 is 5.97 Å². The molecule has 5 heteroatoms. The van der Waals surface area contributed by atoms with Gasteiger partial charge in [0.15, 0.2) is 0 Å². The summed E-state index contributed by atoms with van der Waals surface area (Å²) in [6.07, 6.45) is 0. The molecule has 0 spiro atoms. The molecule has 1 aromatic carbocycles. The molecule has 5 nitrogen and oxygen atoms in total. The Morgan fingerprint density at radius 2 is 2.21 bits per heavy atom. The van der Waals surface area contributed by atoms with Gasteiger partial charge in [-0.1, -0.05) is 19.9 Å². The predicted octanol–water partition coefficient (Wildman–Crippen LogP) is 2.50. The van der Waals surface area contributed by atoms with Gasteiger partial charge in [-0.25, -0.2) is 9.78 Å². The molecule has 102 valence electrons. The molecule has 0 unspecified atom stereocenters. The Morgan fingerprint density at radius 3 is 2.79 bits per heavy atom. The van der Waals surface area contributed by atoms with E-state index in [-0.39, 0.29) is 11.5 Å². The lowest BCUT2D eigenvalue weighted by molar-refractivity contribution is 0.0698. The van der Waals surface area contributed by atoms with Crippen LogP contribution in [0.2, 0.25) is 0 Å². The van der Waals surface area contributed by atoms with Crippen LogP contribution in [-0.4, -0.2) is 34.3 Å². The fraction of sp³-hybridized carbons (Fsp3) is 0.429. The van der Waals surface area contributed by atoms with Crippen molar-refractivity contribution in [2.75, 3.05) is 13.7 Å². The number of nitrogens with zero attached hydrogens (tertiary/aromatic N) is 2. The molecule has 1 aromatic heterocycles. The summed E-state index contributed by atoms with van der Waals surface area (Å²) in [6.45, 7) is 5.22. The van der Waals surface area contributed by atoms with Gasteiger partial charge in [0.25, 0.3) is 0 Å². The Kier molecular flexibility index (Phi) is 3.85. The highest BCUT2D eigenvalue weighted by atomic mass is 16.5. The van der Waals surface area contributed by atoms with Gasteiger partial charge in [0.05, 0.1) is 23.2 Å². The van der Waals surface area contributed by atoms with E-state index in [0.717, 1.165) is 11.3 Å². The number of carboxylic acid groups (broad SMARTS) is 1. The molecule has 1 heterocycles. The summed E-state index contributed by atoms with van der Waals surface area (Å²) in [7, 11) is 1.63. The normalized spacial score (nSPS) is 11.4. The first-order valence-corrected chi connectivity index (χ1v) is 6.27. The molecule has 0 aliphatic heterocycles. The second-order valence-electron chi connectivity index (χ2n) is 4.75. The van der Waals surface area contributed by atoms with Crippen LogP contribution in [0.25, 0.3) is 11.0 Å². The van der Waals surface area contributed by atoms with Crippen molar-refractivity contribution >= 4 is 17.0 Å². The topological polar surface area (TPSA) is 64.4 Å². The summed E-state index contributed by atoms with van der Waals surface area (Å²) in [6, 6.07) is 5.18. The van der Waals surface area contributed by atoms with Gasteiger partial charge in [-0.05, 0) is 12.1 Å². The smallest absolute Gasteiger partial charge is 0.337 e. The summed E-state index contributed by atoms with van der Waals surface area (Å²) >= 11 is 0. The van der Waals surface area contributed by atoms with Gasteiger partial charge in [-0.2, -0.15) is 0 Å². The first kappa shape index (κ1) is 13.5. The summed E-state index contributed by atoms with van der Waals surface area (Å²) in [4.78, 5) is 15.9. The summed E-state index contributed by atoms with van der Waals surface area (Å²) in [5, 5.41) is 9.31. The van der Waals surface area contributed by atoms with Crippen molar-refractivity contribution in [1.82, 2.24) is 9.55 Å². The maximum Gasteiger partial charge on any atom is 0.337 e. The molecule has 0 saturated heterocycles.